The van der Waals surface area contributed by atoms with Gasteiger partial charge in [-0.1, -0.05) is 35.1 Å². The fourth-order valence-electron chi connectivity index (χ4n) is 3.57. The van der Waals surface area contributed by atoms with Gasteiger partial charge >= 0.3 is 12.1 Å². The molecule has 2 heterocycles. The molecule has 4 rings (SSSR count). The number of rotatable bonds is 7. The number of aliphatic hydroxyl groups excluding tert-OH is 1. The number of H-pyrrole nitrogens is 1. The predicted molar refractivity (Wildman–Crippen MR) is 130 cm³/mol. The minimum Gasteiger partial charge on any atom is -0.492 e. The lowest BCUT2D eigenvalue weighted by molar-refractivity contribution is -0.139. The Morgan fingerprint density at radius 1 is 1.28 bits per heavy atom. The van der Waals surface area contributed by atoms with Crippen molar-refractivity contribution in [3.63, 3.8) is 0 Å². The molecule has 0 fully saturated rings. The largest absolute Gasteiger partial charge is 0.492 e. The average Bonchev–Trinajstić information content (AvgIpc) is 3.43. The van der Waals surface area contributed by atoms with Crippen LogP contribution in [0.4, 0.5) is 18.3 Å². The first-order valence-corrected chi connectivity index (χ1v) is 11.5. The molecule has 188 valence electrons. The summed E-state index contributed by atoms with van der Waals surface area (Å²) in [6, 6.07) is 7.04. The minimum atomic E-state index is -4.70. The molecule has 2 aromatic carbocycles. The van der Waals surface area contributed by atoms with E-state index in [-0.39, 0.29) is 26.2 Å². The molecule has 0 spiro atoms. The number of anilines is 1. The molecule has 0 aliphatic carbocycles. The third-order valence-corrected chi connectivity index (χ3v) is 6.85. The molecule has 0 amide bonds. The molecule has 1 atom stereocenters. The SMILES string of the molecule is CN(c1nc(O)c(C(=Cc2ccc(Cl)cc2C(F)(F)F)c2ccc3[nH]ncc3c2)s1)[C@@H](CO)C(=O)O. The first-order valence-electron chi connectivity index (χ1n) is 10.3. The predicted octanol–water partition coefficient (Wildman–Crippen LogP) is 4.87. The van der Waals surface area contributed by atoms with Crippen LogP contribution in [-0.2, 0) is 11.0 Å². The lowest BCUT2D eigenvalue weighted by Gasteiger charge is -2.21. The van der Waals surface area contributed by atoms with Gasteiger partial charge in [-0.05, 0) is 41.5 Å². The van der Waals surface area contributed by atoms with Crippen LogP contribution in [0.5, 0.6) is 5.88 Å². The van der Waals surface area contributed by atoms with Gasteiger partial charge in [0.25, 0.3) is 0 Å². The second-order valence-corrected chi connectivity index (χ2v) is 9.17. The van der Waals surface area contributed by atoms with Gasteiger partial charge in [-0.15, -0.1) is 0 Å². The number of aliphatic carboxylic acids is 1. The highest BCUT2D eigenvalue weighted by Gasteiger charge is 2.34. The fraction of sp³-hybridized carbons (Fsp3) is 0.174. The first kappa shape index (κ1) is 25.5. The molecule has 0 aliphatic heterocycles. The molecule has 4 N–H and O–H groups in total. The van der Waals surface area contributed by atoms with Crippen LogP contribution >= 0.6 is 22.9 Å². The summed E-state index contributed by atoms with van der Waals surface area (Å²) < 4.78 is 41.4. The highest BCUT2D eigenvalue weighted by Crippen LogP contribution is 2.42. The Labute approximate surface area is 210 Å². The first-order chi connectivity index (χ1) is 17.0. The molecule has 2 aromatic heterocycles. The van der Waals surface area contributed by atoms with E-state index in [1.807, 2.05) is 0 Å². The number of thiazole rings is 1. The number of likely N-dealkylation sites (N-methyl/N-ethyl adjacent to an activating group) is 1. The summed E-state index contributed by atoms with van der Waals surface area (Å²) in [5, 5.41) is 36.9. The van der Waals surface area contributed by atoms with Crippen LogP contribution in [0.25, 0.3) is 22.6 Å². The Morgan fingerprint density at radius 2 is 2.03 bits per heavy atom. The van der Waals surface area contributed by atoms with Crippen LogP contribution < -0.4 is 4.90 Å². The van der Waals surface area contributed by atoms with E-state index in [1.165, 1.54) is 25.3 Å². The van der Waals surface area contributed by atoms with Crippen molar-refractivity contribution in [3.05, 3.63) is 69.2 Å². The van der Waals surface area contributed by atoms with E-state index < -0.39 is 36.2 Å². The van der Waals surface area contributed by atoms with E-state index in [9.17, 15) is 33.3 Å². The van der Waals surface area contributed by atoms with Gasteiger partial charge < -0.3 is 20.2 Å². The lowest BCUT2D eigenvalue weighted by Crippen LogP contribution is -2.41. The Morgan fingerprint density at radius 3 is 2.69 bits per heavy atom. The molecule has 8 nitrogen and oxygen atoms in total. The molecule has 0 bridgehead atoms. The number of hydrogen-bond donors (Lipinski definition) is 4. The van der Waals surface area contributed by atoms with Gasteiger partial charge in [0.05, 0.1) is 23.9 Å². The zero-order valence-corrected chi connectivity index (χ0v) is 20.0. The zero-order valence-electron chi connectivity index (χ0n) is 18.4. The zero-order chi connectivity index (χ0) is 26.2. The number of alkyl halides is 3. The molecule has 0 radical (unpaired) electrons. The van der Waals surface area contributed by atoms with Crippen molar-refractivity contribution >= 4 is 56.6 Å². The van der Waals surface area contributed by atoms with E-state index in [2.05, 4.69) is 15.2 Å². The average molecular weight is 539 g/mol. The topological polar surface area (TPSA) is 123 Å². The number of carboxylic acid groups (broad SMARTS) is 1. The maximum atomic E-state index is 13.8. The summed E-state index contributed by atoms with van der Waals surface area (Å²) in [6.45, 7) is -0.721. The number of aliphatic hydroxyl groups is 1. The van der Waals surface area contributed by atoms with Crippen molar-refractivity contribution in [2.24, 2.45) is 0 Å². The number of benzene rings is 2. The van der Waals surface area contributed by atoms with Gasteiger partial charge in [0.15, 0.2) is 11.2 Å². The van der Waals surface area contributed by atoms with E-state index in [0.29, 0.717) is 16.5 Å². The van der Waals surface area contributed by atoms with Crippen molar-refractivity contribution in [1.82, 2.24) is 15.2 Å². The van der Waals surface area contributed by atoms with Crippen molar-refractivity contribution in [3.8, 4) is 5.88 Å². The van der Waals surface area contributed by atoms with Crippen molar-refractivity contribution in [2.75, 3.05) is 18.6 Å². The van der Waals surface area contributed by atoms with Crippen molar-refractivity contribution < 1.29 is 33.3 Å². The van der Waals surface area contributed by atoms with Gasteiger partial charge in [0.1, 0.15) is 4.88 Å². The molecule has 4 aromatic rings. The number of aromatic hydroxyl groups is 1. The smallest absolute Gasteiger partial charge is 0.417 e. The van der Waals surface area contributed by atoms with Gasteiger partial charge in [-0.2, -0.15) is 23.3 Å². The quantitative estimate of drug-likeness (QED) is 0.248. The summed E-state index contributed by atoms with van der Waals surface area (Å²) in [5.41, 5.74) is 0.190. The number of fused-ring (bicyclic) bond motifs is 1. The molecule has 13 heteroatoms. The Hall–Kier alpha value is -3.61. The number of carboxylic acids is 1. The summed E-state index contributed by atoms with van der Waals surface area (Å²) >= 11 is 6.69. The van der Waals surface area contributed by atoms with Gasteiger partial charge in [-0.3, -0.25) is 5.10 Å². The third-order valence-electron chi connectivity index (χ3n) is 5.44. The minimum absolute atomic E-state index is 0.0476. The van der Waals surface area contributed by atoms with Crippen molar-refractivity contribution in [1.29, 1.82) is 0 Å². The second-order valence-electron chi connectivity index (χ2n) is 7.76. The standard InChI is InChI=1S/C23H18ClF3N4O4S/c1-31(18(10-32)21(34)35)22-29-20(33)19(36-22)15(11-3-5-17-13(6-11)9-28-30-17)7-12-2-4-14(24)8-16(12)23(25,26)27/h2-9,18,32-33H,10H2,1H3,(H,28,30)(H,34,35)/t18-/m0/s1. The van der Waals surface area contributed by atoms with Crippen molar-refractivity contribution in [2.45, 2.75) is 12.2 Å². The third kappa shape index (κ3) is 5.01. The molecular weight excluding hydrogens is 521 g/mol. The number of hydrogen-bond acceptors (Lipinski definition) is 7. The van der Waals surface area contributed by atoms with E-state index in [0.717, 1.165) is 22.3 Å². The number of aromatic amines is 1. The van der Waals surface area contributed by atoms with E-state index in [1.54, 1.807) is 24.4 Å². The van der Waals surface area contributed by atoms with Gasteiger partial charge in [-0.25, -0.2) is 4.79 Å². The van der Waals surface area contributed by atoms with E-state index >= 15 is 0 Å². The molecule has 0 saturated heterocycles. The maximum absolute atomic E-state index is 13.8. The van der Waals surface area contributed by atoms with Crippen LogP contribution in [0.15, 0.2) is 42.6 Å². The number of aromatic nitrogens is 3. The molecule has 0 saturated carbocycles. The second kappa shape index (κ2) is 9.80. The van der Waals surface area contributed by atoms with Crippen LogP contribution in [0.3, 0.4) is 0 Å². The Bertz CT molecular complexity index is 1470. The normalized spacial score (nSPS) is 13.2. The number of halogens is 4. The monoisotopic (exact) mass is 538 g/mol. The van der Waals surface area contributed by atoms with Crippen LogP contribution in [-0.4, -0.2) is 56.2 Å². The molecular formula is C23H18ClF3N4O4S. The Balaban J connectivity index is 1.93. The summed E-state index contributed by atoms with van der Waals surface area (Å²) in [6.07, 6.45) is -1.89. The molecule has 36 heavy (non-hydrogen) atoms. The van der Waals surface area contributed by atoms with Gasteiger partial charge in [0, 0.05) is 23.0 Å². The summed E-state index contributed by atoms with van der Waals surface area (Å²) in [7, 11) is 1.37. The summed E-state index contributed by atoms with van der Waals surface area (Å²) in [4.78, 5) is 16.7. The summed E-state index contributed by atoms with van der Waals surface area (Å²) in [5.74, 6) is -1.82. The van der Waals surface area contributed by atoms with E-state index in [4.69, 9.17) is 11.6 Å². The molecule has 0 unspecified atom stereocenters. The number of nitrogens with one attached hydrogen (secondary N) is 1. The number of carbonyl (C=O) groups is 1. The number of nitrogens with zero attached hydrogens (tertiary/aromatic N) is 3. The van der Waals surface area contributed by atoms with Crippen LogP contribution in [0.1, 0.15) is 21.6 Å². The lowest BCUT2D eigenvalue weighted by atomic mass is 9.98. The van der Waals surface area contributed by atoms with Gasteiger partial charge in [0.2, 0.25) is 5.88 Å². The van der Waals surface area contributed by atoms with Crippen LogP contribution in [0, 0.1) is 0 Å². The molecule has 0 aliphatic rings. The highest BCUT2D eigenvalue weighted by atomic mass is 35.5. The Kier molecular flexibility index (Phi) is 6.94. The maximum Gasteiger partial charge on any atom is 0.417 e. The van der Waals surface area contributed by atoms with Crippen LogP contribution in [0.2, 0.25) is 5.02 Å². The fourth-order valence-corrected chi connectivity index (χ4v) is 4.75. The highest BCUT2D eigenvalue weighted by molar-refractivity contribution is 7.17.